The summed E-state index contributed by atoms with van der Waals surface area (Å²) in [7, 11) is -2.42. The maximum absolute atomic E-state index is 14.4. The molecule has 0 aliphatic carbocycles. The second kappa shape index (κ2) is 11.0. The Bertz CT molecular complexity index is 1650. The highest BCUT2D eigenvalue weighted by atomic mass is 32.2. The van der Waals surface area contributed by atoms with E-state index in [1.54, 1.807) is 42.8 Å². The average Bonchev–Trinajstić information content (AvgIpc) is 3.40. The van der Waals surface area contributed by atoms with Crippen LogP contribution in [-0.2, 0) is 10.0 Å². The molecule has 0 saturated heterocycles. The van der Waals surface area contributed by atoms with E-state index in [1.165, 1.54) is 42.9 Å². The van der Waals surface area contributed by atoms with E-state index in [2.05, 4.69) is 19.7 Å². The Morgan fingerprint density at radius 2 is 2.03 bits per heavy atom. The Hall–Kier alpha value is -4.60. The van der Waals surface area contributed by atoms with E-state index in [-0.39, 0.29) is 32.7 Å². The summed E-state index contributed by atoms with van der Waals surface area (Å²) in [6, 6.07) is 13.6. The molecule has 2 heterocycles. The minimum Gasteiger partial charge on any atom is -0.454 e. The van der Waals surface area contributed by atoms with Crippen molar-refractivity contribution in [2.45, 2.75) is 4.90 Å². The van der Waals surface area contributed by atoms with Gasteiger partial charge in [-0.15, -0.1) is 11.3 Å². The van der Waals surface area contributed by atoms with Crippen molar-refractivity contribution in [3.05, 3.63) is 95.5 Å². The maximum Gasteiger partial charge on any atom is 0.263 e. The number of sulfonamides is 1. The number of aromatic nitrogens is 2. The van der Waals surface area contributed by atoms with Crippen LogP contribution in [0.25, 0.3) is 11.3 Å². The van der Waals surface area contributed by atoms with Gasteiger partial charge < -0.3 is 10.5 Å². The molecule has 0 unspecified atom stereocenters. The molecule has 0 fully saturated rings. The molecule has 9 nitrogen and oxygen atoms in total. The predicted octanol–water partition coefficient (Wildman–Crippen LogP) is 4.70. The zero-order valence-corrected chi connectivity index (χ0v) is 20.9. The molecule has 186 valence electrons. The van der Waals surface area contributed by atoms with Crippen molar-refractivity contribution < 1.29 is 17.5 Å². The number of benzene rings is 2. The highest BCUT2D eigenvalue weighted by Crippen LogP contribution is 2.33. The van der Waals surface area contributed by atoms with Crippen molar-refractivity contribution in [2.75, 3.05) is 11.8 Å². The van der Waals surface area contributed by atoms with Crippen molar-refractivity contribution in [1.29, 1.82) is 5.26 Å². The number of nitrogens with one attached hydrogen (secondary N) is 1. The van der Waals surface area contributed by atoms with E-state index >= 15 is 0 Å². The van der Waals surface area contributed by atoms with Crippen LogP contribution in [0.2, 0.25) is 0 Å². The standard InChI is InChI=1S/C25H19FN6O3S2/c1-29-21(8-9-27)19-13-22(18-4-2-3-5-20(18)26)31-15-24(19)35-23-7-6-17(12-16(23)14-28)37(33,34)32-25-30-10-11-36-25/h2-13,15H,27H2,1H3,(H,30,32). The third-order valence-electron chi connectivity index (χ3n) is 5.04. The normalized spacial score (nSPS) is 11.9. The quantitative estimate of drug-likeness (QED) is 0.312. The van der Waals surface area contributed by atoms with Crippen LogP contribution < -0.4 is 15.2 Å². The van der Waals surface area contributed by atoms with Crippen molar-refractivity contribution in [1.82, 2.24) is 9.97 Å². The molecule has 3 N–H and O–H groups in total. The second-order valence-electron chi connectivity index (χ2n) is 7.33. The summed E-state index contributed by atoms with van der Waals surface area (Å²) in [6.07, 6.45) is 5.68. The summed E-state index contributed by atoms with van der Waals surface area (Å²) in [6.45, 7) is 0. The molecule has 4 rings (SSSR count). The minimum atomic E-state index is -3.98. The number of aliphatic imine (C=N–C) groups is 1. The van der Waals surface area contributed by atoms with Crippen molar-refractivity contribution in [3.8, 4) is 28.8 Å². The van der Waals surface area contributed by atoms with Crippen LogP contribution in [0.15, 0.2) is 88.5 Å². The number of nitrogens with zero attached hydrogens (tertiary/aromatic N) is 4. The number of allylic oxidation sites excluding steroid dienone is 1. The van der Waals surface area contributed by atoms with Gasteiger partial charge in [0.1, 0.15) is 17.6 Å². The first-order valence-electron chi connectivity index (χ1n) is 10.6. The zero-order valence-electron chi connectivity index (χ0n) is 19.3. The second-order valence-corrected chi connectivity index (χ2v) is 9.91. The van der Waals surface area contributed by atoms with E-state index in [1.807, 2.05) is 6.07 Å². The summed E-state index contributed by atoms with van der Waals surface area (Å²) in [5, 5.41) is 11.5. The molecular weight excluding hydrogens is 515 g/mol. The van der Waals surface area contributed by atoms with Gasteiger partial charge in [-0.2, -0.15) is 5.26 Å². The maximum atomic E-state index is 14.4. The molecule has 0 atom stereocenters. The number of hydrogen-bond donors (Lipinski definition) is 2. The highest BCUT2D eigenvalue weighted by Gasteiger charge is 2.20. The molecule has 2 aromatic carbocycles. The van der Waals surface area contributed by atoms with Crippen molar-refractivity contribution in [2.24, 2.45) is 10.7 Å². The lowest BCUT2D eigenvalue weighted by molar-refractivity contribution is 0.477. The number of nitrogens with two attached hydrogens (primary N) is 1. The summed E-state index contributed by atoms with van der Waals surface area (Å²) >= 11 is 1.12. The van der Waals surface area contributed by atoms with Gasteiger partial charge in [-0.1, -0.05) is 12.1 Å². The van der Waals surface area contributed by atoms with Crippen LogP contribution in [0, 0.1) is 17.1 Å². The van der Waals surface area contributed by atoms with Gasteiger partial charge >= 0.3 is 0 Å². The lowest BCUT2D eigenvalue weighted by atomic mass is 10.0. The summed E-state index contributed by atoms with van der Waals surface area (Å²) in [5.41, 5.74) is 7.02. The Balaban J connectivity index is 1.74. The molecule has 0 saturated carbocycles. The van der Waals surface area contributed by atoms with Crippen LogP contribution in [0.1, 0.15) is 11.1 Å². The molecule has 2 aromatic heterocycles. The van der Waals surface area contributed by atoms with E-state index in [9.17, 15) is 18.1 Å². The fourth-order valence-electron chi connectivity index (χ4n) is 3.34. The number of halogens is 1. The molecule has 0 aliphatic rings. The number of rotatable bonds is 8. The van der Waals surface area contributed by atoms with Crippen LogP contribution in [0.4, 0.5) is 9.52 Å². The smallest absolute Gasteiger partial charge is 0.263 e. The van der Waals surface area contributed by atoms with E-state index in [0.717, 1.165) is 11.3 Å². The summed E-state index contributed by atoms with van der Waals surface area (Å²) in [4.78, 5) is 12.3. The SMILES string of the molecule is CN=C(C=CN)c1cc(-c2ccccc2F)ncc1Oc1ccc(S(=O)(=O)Nc2nccs2)cc1C#N. The number of anilines is 1. The number of pyridine rings is 1. The van der Waals surface area contributed by atoms with Crippen molar-refractivity contribution >= 4 is 32.2 Å². The minimum absolute atomic E-state index is 0.0319. The lowest BCUT2D eigenvalue weighted by Gasteiger charge is -2.14. The number of hydrogen-bond acceptors (Lipinski definition) is 9. The van der Waals surface area contributed by atoms with Gasteiger partial charge in [-0.25, -0.2) is 17.8 Å². The van der Waals surface area contributed by atoms with Gasteiger partial charge in [-0.3, -0.25) is 14.7 Å². The number of thiazole rings is 1. The summed E-state index contributed by atoms with van der Waals surface area (Å²) in [5.74, 6) is -0.162. The fraction of sp³-hybridized carbons (Fsp3) is 0.0400. The molecular formula is C25H19FN6O3S2. The predicted molar refractivity (Wildman–Crippen MR) is 140 cm³/mol. The first kappa shape index (κ1) is 25.5. The first-order chi connectivity index (χ1) is 17.9. The first-order valence-corrected chi connectivity index (χ1v) is 13.0. The Morgan fingerprint density at radius 3 is 2.70 bits per heavy atom. The molecule has 4 aromatic rings. The molecule has 0 amide bonds. The van der Waals surface area contributed by atoms with Crippen LogP contribution in [0.3, 0.4) is 0 Å². The van der Waals surface area contributed by atoms with Gasteiger partial charge in [0.25, 0.3) is 10.0 Å². The molecule has 0 radical (unpaired) electrons. The van der Waals surface area contributed by atoms with Crippen LogP contribution in [-0.4, -0.2) is 31.1 Å². The number of nitriles is 1. The Labute approximate surface area is 216 Å². The fourth-order valence-corrected chi connectivity index (χ4v) is 5.15. The summed E-state index contributed by atoms with van der Waals surface area (Å²) < 4.78 is 48.2. The Morgan fingerprint density at radius 1 is 1.22 bits per heavy atom. The monoisotopic (exact) mass is 534 g/mol. The Kier molecular flexibility index (Phi) is 7.57. The topological polar surface area (TPSA) is 143 Å². The largest absolute Gasteiger partial charge is 0.454 e. The molecule has 0 aliphatic heterocycles. The average molecular weight is 535 g/mol. The third kappa shape index (κ3) is 5.64. The molecule has 0 spiro atoms. The highest BCUT2D eigenvalue weighted by molar-refractivity contribution is 7.93. The van der Waals surface area contributed by atoms with Crippen LogP contribution >= 0.6 is 11.3 Å². The lowest BCUT2D eigenvalue weighted by Crippen LogP contribution is -2.13. The molecule has 37 heavy (non-hydrogen) atoms. The van der Waals surface area contributed by atoms with E-state index < -0.39 is 15.8 Å². The van der Waals surface area contributed by atoms with E-state index in [0.29, 0.717) is 17.0 Å². The van der Waals surface area contributed by atoms with Gasteiger partial charge in [0.2, 0.25) is 0 Å². The van der Waals surface area contributed by atoms with Gasteiger partial charge in [0, 0.05) is 29.8 Å². The van der Waals surface area contributed by atoms with Gasteiger partial charge in [0.15, 0.2) is 10.9 Å². The van der Waals surface area contributed by atoms with Gasteiger partial charge in [0.05, 0.1) is 28.1 Å². The van der Waals surface area contributed by atoms with E-state index in [4.69, 9.17) is 10.5 Å². The number of ether oxygens (including phenoxy) is 1. The zero-order chi connectivity index (χ0) is 26.4. The molecule has 0 bridgehead atoms. The van der Waals surface area contributed by atoms with Gasteiger partial charge in [-0.05, 0) is 48.7 Å². The third-order valence-corrected chi connectivity index (χ3v) is 7.20. The molecule has 12 heteroatoms. The van der Waals surface area contributed by atoms with Crippen LogP contribution in [0.5, 0.6) is 11.5 Å². The van der Waals surface area contributed by atoms with Crippen molar-refractivity contribution in [3.63, 3.8) is 0 Å².